The number of hydrogen-bond acceptors (Lipinski definition) is 5. The number of rotatable bonds is 8. The van der Waals surface area contributed by atoms with E-state index >= 15 is 0 Å². The average molecular weight is 963 g/mol. The van der Waals surface area contributed by atoms with E-state index in [9.17, 15) is 0 Å². The molecule has 5 heteroatoms. The van der Waals surface area contributed by atoms with Crippen LogP contribution in [0.2, 0.25) is 0 Å². The van der Waals surface area contributed by atoms with Crippen molar-refractivity contribution >= 4 is 121 Å². The Morgan fingerprint density at radius 3 is 1.11 bits per heavy atom. The second-order valence-electron chi connectivity index (χ2n) is 19.8. The summed E-state index contributed by atoms with van der Waals surface area (Å²) in [6.45, 7) is 4.26. The summed E-state index contributed by atoms with van der Waals surface area (Å²) in [4.78, 5) is 4.72. The Hall–Kier alpha value is -9.84. The molecule has 3 heterocycles. The summed E-state index contributed by atoms with van der Waals surface area (Å²) in [6, 6.07) is 86.8. The lowest BCUT2D eigenvalue weighted by atomic mass is 9.98. The molecule has 0 amide bonds. The molecule has 12 aromatic carbocycles. The Kier molecular flexibility index (Phi) is 9.63. The van der Waals surface area contributed by atoms with Gasteiger partial charge in [0.2, 0.25) is 0 Å². The predicted molar refractivity (Wildman–Crippen MR) is 313 cm³/mol. The Labute approximate surface area is 432 Å². The van der Waals surface area contributed by atoms with Gasteiger partial charge < -0.3 is 23.1 Å². The maximum atomic E-state index is 6.91. The maximum absolute atomic E-state index is 6.91. The molecule has 0 atom stereocenters. The normalized spacial score (nSPS) is 11.9. The van der Waals surface area contributed by atoms with Crippen LogP contribution in [0.25, 0.3) is 110 Å². The van der Waals surface area contributed by atoms with Gasteiger partial charge in [0.15, 0.2) is 11.2 Å². The third-order valence-electron chi connectivity index (χ3n) is 15.1. The van der Waals surface area contributed by atoms with Crippen molar-refractivity contribution in [2.24, 2.45) is 0 Å². The number of nitrogens with zero attached hydrogens (tertiary/aromatic N) is 2. The Bertz CT molecular complexity index is 4420. The van der Waals surface area contributed by atoms with Crippen LogP contribution in [0.15, 0.2) is 256 Å². The van der Waals surface area contributed by atoms with Crippen LogP contribution in [0.4, 0.5) is 34.1 Å². The molecule has 0 fully saturated rings. The molecule has 5 nitrogen and oxygen atoms in total. The van der Waals surface area contributed by atoms with Gasteiger partial charge >= 0.3 is 0 Å². The van der Waals surface area contributed by atoms with Gasteiger partial charge in [-0.3, -0.25) is 0 Å². The number of furan rings is 3. The van der Waals surface area contributed by atoms with E-state index in [0.29, 0.717) is 0 Å². The summed E-state index contributed by atoms with van der Waals surface area (Å²) in [7, 11) is 0. The zero-order valence-electron chi connectivity index (χ0n) is 41.2. The van der Waals surface area contributed by atoms with Gasteiger partial charge in [-0.05, 0) is 144 Å². The van der Waals surface area contributed by atoms with Crippen molar-refractivity contribution in [3.63, 3.8) is 0 Å². The van der Waals surface area contributed by atoms with Crippen LogP contribution in [-0.2, 0) is 0 Å². The van der Waals surface area contributed by atoms with Crippen LogP contribution >= 0.6 is 0 Å². The lowest BCUT2D eigenvalue weighted by Gasteiger charge is -2.28. The molecule has 0 aliphatic heterocycles. The molecule has 0 N–H and O–H groups in total. The summed E-state index contributed by atoms with van der Waals surface area (Å²) in [5, 5.41) is 10.9. The van der Waals surface area contributed by atoms with Crippen molar-refractivity contribution in [2.45, 2.75) is 13.8 Å². The van der Waals surface area contributed by atoms with E-state index in [4.69, 9.17) is 13.3 Å². The van der Waals surface area contributed by atoms with Gasteiger partial charge in [0.1, 0.15) is 22.3 Å². The second-order valence-corrected chi connectivity index (χ2v) is 19.8. The maximum Gasteiger partial charge on any atom is 0.160 e. The van der Waals surface area contributed by atoms with E-state index in [0.717, 1.165) is 144 Å². The topological polar surface area (TPSA) is 45.9 Å². The van der Waals surface area contributed by atoms with Crippen molar-refractivity contribution in [3.05, 3.63) is 254 Å². The molecule has 0 saturated carbocycles. The fraction of sp³-hybridized carbons (Fsp3) is 0.0286. The highest BCUT2D eigenvalue weighted by molar-refractivity contribution is 6.17. The molecule has 0 spiro atoms. The number of hydrogen-bond donors (Lipinski definition) is 0. The van der Waals surface area contributed by atoms with Crippen molar-refractivity contribution in [1.29, 1.82) is 0 Å². The molecule has 75 heavy (non-hydrogen) atoms. The first kappa shape index (κ1) is 42.8. The van der Waals surface area contributed by atoms with Crippen LogP contribution in [0.1, 0.15) is 11.1 Å². The predicted octanol–water partition coefficient (Wildman–Crippen LogP) is 20.6. The molecule has 15 rings (SSSR count). The fourth-order valence-corrected chi connectivity index (χ4v) is 11.4. The molecule has 0 saturated heterocycles. The average Bonchev–Trinajstić information content (AvgIpc) is 4.15. The van der Waals surface area contributed by atoms with E-state index in [1.165, 1.54) is 11.1 Å². The first-order valence-electron chi connectivity index (χ1n) is 25.5. The molecule has 354 valence electrons. The third kappa shape index (κ3) is 7.00. The third-order valence-corrected chi connectivity index (χ3v) is 15.1. The zero-order chi connectivity index (χ0) is 49.7. The molecule has 0 aliphatic rings. The number of para-hydroxylation sites is 2. The van der Waals surface area contributed by atoms with E-state index in [1.54, 1.807) is 0 Å². The summed E-state index contributed by atoms with van der Waals surface area (Å²) in [6.07, 6.45) is 0. The van der Waals surface area contributed by atoms with Crippen molar-refractivity contribution < 1.29 is 13.3 Å². The lowest BCUT2D eigenvalue weighted by Crippen LogP contribution is -2.11. The molecule has 0 radical (unpaired) electrons. The highest BCUT2D eigenvalue weighted by atomic mass is 16.3. The number of aryl methyl sites for hydroxylation is 2. The second kappa shape index (κ2) is 16.9. The number of benzene rings is 12. The van der Waals surface area contributed by atoms with Crippen molar-refractivity contribution in [1.82, 2.24) is 0 Å². The highest BCUT2D eigenvalue weighted by Gasteiger charge is 2.27. The summed E-state index contributed by atoms with van der Waals surface area (Å²) in [5.41, 5.74) is 17.9. The van der Waals surface area contributed by atoms with Gasteiger partial charge in [-0.1, -0.05) is 157 Å². The molecular weight excluding hydrogens is 917 g/mol. The standard InChI is InChI=1S/C70H46N2O3/c1-43-21-27-51(28-22-43)71(67-55(45-13-5-3-6-14-45)33-35-59-57-17-9-11-19-63(57)74-69(59)67)53-31-25-47-39-61-62-40-48-26-32-54(38-50(48)42-66(62)73-65(61)41-49(47)37-53)72(52-29-23-44(2)24-30-52)68-56(46-15-7-4-8-16-46)34-36-60-58-18-10-12-20-64(58)75-70(60)68/h3-42H,1-2H3. The minimum absolute atomic E-state index is 0.835. The Morgan fingerprint density at radius 2 is 0.667 bits per heavy atom. The van der Waals surface area contributed by atoms with Gasteiger partial charge in [0.25, 0.3) is 0 Å². The van der Waals surface area contributed by atoms with Gasteiger partial charge in [0.05, 0.1) is 11.4 Å². The number of anilines is 6. The monoisotopic (exact) mass is 962 g/mol. The van der Waals surface area contributed by atoms with Gasteiger partial charge in [-0.15, -0.1) is 0 Å². The van der Waals surface area contributed by atoms with E-state index < -0.39 is 0 Å². The van der Waals surface area contributed by atoms with Crippen molar-refractivity contribution in [3.8, 4) is 22.3 Å². The molecule has 0 unspecified atom stereocenters. The van der Waals surface area contributed by atoms with Gasteiger partial charge in [-0.25, -0.2) is 0 Å². The first-order chi connectivity index (χ1) is 37.0. The molecule has 0 aliphatic carbocycles. The highest BCUT2D eigenvalue weighted by Crippen LogP contribution is 2.50. The van der Waals surface area contributed by atoms with Crippen LogP contribution in [0, 0.1) is 13.8 Å². The summed E-state index contributed by atoms with van der Waals surface area (Å²) >= 11 is 0. The first-order valence-corrected chi connectivity index (χ1v) is 25.5. The van der Waals surface area contributed by atoms with Gasteiger partial charge in [-0.2, -0.15) is 0 Å². The number of fused-ring (bicyclic) bond motifs is 11. The molecule has 15 aromatic rings. The van der Waals surface area contributed by atoms with E-state index in [-0.39, 0.29) is 0 Å². The van der Waals surface area contributed by atoms with Crippen LogP contribution in [0.5, 0.6) is 0 Å². The summed E-state index contributed by atoms with van der Waals surface area (Å²) in [5.74, 6) is 0. The van der Waals surface area contributed by atoms with Crippen LogP contribution < -0.4 is 9.80 Å². The van der Waals surface area contributed by atoms with E-state index in [1.807, 2.05) is 12.1 Å². The molecule has 0 bridgehead atoms. The fourth-order valence-electron chi connectivity index (χ4n) is 11.4. The Balaban J connectivity index is 0.896. The minimum Gasteiger partial charge on any atom is -0.456 e. The van der Waals surface area contributed by atoms with Crippen LogP contribution in [0.3, 0.4) is 0 Å². The molecule has 3 aromatic heterocycles. The quantitative estimate of drug-likeness (QED) is 0.152. The minimum atomic E-state index is 0.835. The molecular formula is C70H46N2O3. The lowest BCUT2D eigenvalue weighted by molar-refractivity contribution is 0.669. The van der Waals surface area contributed by atoms with Gasteiger partial charge in [0, 0.05) is 66.2 Å². The SMILES string of the molecule is Cc1ccc(N(c2ccc3cc4c(cc3c2)oc2cc3cc(N(c5ccc(C)cc5)c5c(-c6ccccc6)ccc6c5oc5ccccc56)ccc3cc24)c2c(-c3ccccc3)ccc3c2oc2ccccc23)cc1. The summed E-state index contributed by atoms with van der Waals surface area (Å²) < 4.78 is 20.6. The van der Waals surface area contributed by atoms with Crippen LogP contribution in [-0.4, -0.2) is 0 Å². The Morgan fingerprint density at radius 1 is 0.267 bits per heavy atom. The smallest absolute Gasteiger partial charge is 0.160 e. The zero-order valence-corrected chi connectivity index (χ0v) is 41.2. The largest absolute Gasteiger partial charge is 0.456 e. The van der Waals surface area contributed by atoms with Crippen molar-refractivity contribution in [2.75, 3.05) is 9.80 Å². The van der Waals surface area contributed by atoms with E-state index in [2.05, 4.69) is 254 Å².